The number of carbonyl (C=O) groups excluding carboxylic acids is 1. The predicted molar refractivity (Wildman–Crippen MR) is 86.9 cm³/mol. The van der Waals surface area contributed by atoms with Crippen molar-refractivity contribution in [3.63, 3.8) is 0 Å². The highest BCUT2D eigenvalue weighted by Crippen LogP contribution is 2.31. The first-order chi connectivity index (χ1) is 12.8. The minimum Gasteiger partial charge on any atom is -0.486 e. The molecule has 3 rings (SSSR count). The number of rotatable bonds is 6. The Kier molecular flexibility index (Phi) is 5.20. The molecule has 0 saturated heterocycles. The molecule has 6 nitrogen and oxygen atoms in total. The molecule has 142 valence electrons. The molecular weight excluding hydrogens is 365 g/mol. The second kappa shape index (κ2) is 7.56. The van der Waals surface area contributed by atoms with Crippen molar-refractivity contribution in [2.75, 3.05) is 0 Å². The quantitative estimate of drug-likeness (QED) is 0.697. The van der Waals surface area contributed by atoms with Gasteiger partial charge in [0.05, 0.1) is 12.1 Å². The van der Waals surface area contributed by atoms with E-state index in [0.29, 0.717) is 5.76 Å². The summed E-state index contributed by atoms with van der Waals surface area (Å²) in [5.41, 5.74) is -0.785. The van der Waals surface area contributed by atoms with Gasteiger partial charge < -0.3 is 19.0 Å². The van der Waals surface area contributed by atoms with Gasteiger partial charge in [-0.25, -0.2) is 0 Å². The highest BCUT2D eigenvalue weighted by Gasteiger charge is 2.30. The number of aryl methyl sites for hydroxylation is 1. The Bertz CT molecular complexity index is 931. The van der Waals surface area contributed by atoms with E-state index in [9.17, 15) is 18.0 Å². The molecule has 0 atom stereocenters. The highest BCUT2D eigenvalue weighted by atomic mass is 19.4. The number of nitrogens with zero attached hydrogens (tertiary/aromatic N) is 1. The molecule has 1 amide bonds. The summed E-state index contributed by atoms with van der Waals surface area (Å²) in [7, 11) is 0. The number of halogens is 3. The zero-order chi connectivity index (χ0) is 19.4. The number of nitrogens with one attached hydrogen (secondary N) is 1. The van der Waals surface area contributed by atoms with Gasteiger partial charge in [-0.3, -0.25) is 4.79 Å². The minimum atomic E-state index is -4.45. The van der Waals surface area contributed by atoms with Gasteiger partial charge in [0, 0.05) is 6.07 Å². The summed E-state index contributed by atoms with van der Waals surface area (Å²) < 4.78 is 53.6. The van der Waals surface area contributed by atoms with Gasteiger partial charge in [0.1, 0.15) is 23.9 Å². The Morgan fingerprint density at radius 1 is 1.19 bits per heavy atom. The number of hydrogen-bond acceptors (Lipinski definition) is 5. The standard InChI is InChI=1S/C18H15F3N2O4/c1-11-5-6-14(26-11)9-22-17(24)16-8-15(27-23-16)10-25-13-4-2-3-12(7-13)18(19,20)21/h2-8H,9-10H2,1H3,(H,22,24). The first-order valence-corrected chi connectivity index (χ1v) is 7.90. The van der Waals surface area contributed by atoms with E-state index in [1.807, 2.05) is 0 Å². The van der Waals surface area contributed by atoms with Crippen LogP contribution < -0.4 is 10.1 Å². The van der Waals surface area contributed by atoms with E-state index in [1.165, 1.54) is 18.2 Å². The van der Waals surface area contributed by atoms with E-state index in [1.54, 1.807) is 19.1 Å². The number of amides is 1. The molecular formula is C18H15F3N2O4. The number of hydrogen-bond donors (Lipinski definition) is 1. The van der Waals surface area contributed by atoms with Crippen LogP contribution in [-0.4, -0.2) is 11.1 Å². The van der Waals surface area contributed by atoms with Gasteiger partial charge in [-0.15, -0.1) is 0 Å². The maximum absolute atomic E-state index is 12.7. The van der Waals surface area contributed by atoms with Gasteiger partial charge in [0.15, 0.2) is 11.5 Å². The maximum atomic E-state index is 12.7. The lowest BCUT2D eigenvalue weighted by molar-refractivity contribution is -0.137. The number of alkyl halides is 3. The van der Waals surface area contributed by atoms with Crippen LogP contribution in [0.4, 0.5) is 13.2 Å². The maximum Gasteiger partial charge on any atom is 0.416 e. The molecule has 0 unspecified atom stereocenters. The summed E-state index contributed by atoms with van der Waals surface area (Å²) in [4.78, 5) is 12.0. The van der Waals surface area contributed by atoms with Crippen LogP contribution in [0.1, 0.15) is 33.3 Å². The Labute approximate surface area is 151 Å². The lowest BCUT2D eigenvalue weighted by atomic mass is 10.2. The van der Waals surface area contributed by atoms with E-state index in [4.69, 9.17) is 13.7 Å². The zero-order valence-corrected chi connectivity index (χ0v) is 14.2. The molecule has 27 heavy (non-hydrogen) atoms. The third-order valence-electron chi connectivity index (χ3n) is 3.55. The Morgan fingerprint density at radius 3 is 2.70 bits per heavy atom. The van der Waals surface area contributed by atoms with Crippen LogP contribution in [-0.2, 0) is 19.3 Å². The molecule has 1 N–H and O–H groups in total. The fourth-order valence-corrected chi connectivity index (χ4v) is 2.24. The van der Waals surface area contributed by atoms with E-state index in [-0.39, 0.29) is 30.4 Å². The number of furan rings is 1. The molecule has 0 spiro atoms. The third kappa shape index (κ3) is 4.90. The smallest absolute Gasteiger partial charge is 0.416 e. The van der Waals surface area contributed by atoms with E-state index < -0.39 is 17.6 Å². The summed E-state index contributed by atoms with van der Waals surface area (Å²) in [6, 6.07) is 9.35. The molecule has 2 aromatic heterocycles. The topological polar surface area (TPSA) is 77.5 Å². The Morgan fingerprint density at radius 2 is 2.00 bits per heavy atom. The van der Waals surface area contributed by atoms with Crippen LogP contribution in [0.5, 0.6) is 5.75 Å². The second-order valence-electron chi connectivity index (χ2n) is 5.69. The third-order valence-corrected chi connectivity index (χ3v) is 3.55. The average molecular weight is 380 g/mol. The minimum absolute atomic E-state index is 0.0282. The van der Waals surface area contributed by atoms with Crippen LogP contribution >= 0.6 is 0 Å². The monoisotopic (exact) mass is 380 g/mol. The molecule has 3 aromatic rings. The average Bonchev–Trinajstić information content (AvgIpc) is 3.26. The Hall–Kier alpha value is -3.23. The summed E-state index contributed by atoms with van der Waals surface area (Å²) in [5, 5.41) is 6.24. The van der Waals surface area contributed by atoms with Crippen molar-refractivity contribution in [2.45, 2.75) is 26.3 Å². The van der Waals surface area contributed by atoms with Crippen LogP contribution in [0.15, 0.2) is 51.4 Å². The zero-order valence-electron chi connectivity index (χ0n) is 14.2. The number of benzene rings is 1. The number of carbonyl (C=O) groups is 1. The van der Waals surface area contributed by atoms with Crippen molar-refractivity contribution in [1.29, 1.82) is 0 Å². The first kappa shape index (κ1) is 18.6. The van der Waals surface area contributed by atoms with Gasteiger partial charge in [-0.05, 0) is 37.3 Å². The van der Waals surface area contributed by atoms with Gasteiger partial charge in [-0.1, -0.05) is 11.2 Å². The number of ether oxygens (including phenoxy) is 1. The lowest BCUT2D eigenvalue weighted by Gasteiger charge is -2.09. The first-order valence-electron chi connectivity index (χ1n) is 7.90. The molecule has 0 bridgehead atoms. The molecule has 0 radical (unpaired) electrons. The van der Waals surface area contributed by atoms with Crippen molar-refractivity contribution in [3.05, 3.63) is 71.0 Å². The van der Waals surface area contributed by atoms with E-state index in [0.717, 1.165) is 17.9 Å². The predicted octanol–water partition coefficient (Wildman–Crippen LogP) is 4.10. The van der Waals surface area contributed by atoms with E-state index >= 15 is 0 Å². The van der Waals surface area contributed by atoms with Crippen molar-refractivity contribution in [2.24, 2.45) is 0 Å². The van der Waals surface area contributed by atoms with Crippen molar-refractivity contribution in [3.8, 4) is 5.75 Å². The summed E-state index contributed by atoms with van der Waals surface area (Å²) in [5.74, 6) is 1.08. The molecule has 1 aromatic carbocycles. The summed E-state index contributed by atoms with van der Waals surface area (Å²) in [6.45, 7) is 1.81. The molecule has 0 aliphatic carbocycles. The highest BCUT2D eigenvalue weighted by molar-refractivity contribution is 5.92. The molecule has 2 heterocycles. The Balaban J connectivity index is 1.55. The second-order valence-corrected chi connectivity index (χ2v) is 5.69. The van der Waals surface area contributed by atoms with Crippen LogP contribution in [0.2, 0.25) is 0 Å². The van der Waals surface area contributed by atoms with Gasteiger partial charge in [0.2, 0.25) is 0 Å². The molecule has 9 heteroatoms. The largest absolute Gasteiger partial charge is 0.486 e. The van der Waals surface area contributed by atoms with Crippen LogP contribution in [0.3, 0.4) is 0 Å². The van der Waals surface area contributed by atoms with Gasteiger partial charge in [0.25, 0.3) is 5.91 Å². The fourth-order valence-electron chi connectivity index (χ4n) is 2.24. The summed E-state index contributed by atoms with van der Waals surface area (Å²) >= 11 is 0. The molecule has 0 aliphatic rings. The van der Waals surface area contributed by atoms with Crippen LogP contribution in [0, 0.1) is 6.92 Å². The van der Waals surface area contributed by atoms with E-state index in [2.05, 4.69) is 10.5 Å². The van der Waals surface area contributed by atoms with Gasteiger partial charge in [-0.2, -0.15) is 13.2 Å². The van der Waals surface area contributed by atoms with Crippen molar-refractivity contribution < 1.29 is 31.6 Å². The normalized spacial score (nSPS) is 11.4. The summed E-state index contributed by atoms with van der Waals surface area (Å²) in [6.07, 6.45) is -4.45. The van der Waals surface area contributed by atoms with Crippen LogP contribution in [0.25, 0.3) is 0 Å². The molecule has 0 saturated carbocycles. The molecule has 0 fully saturated rings. The molecule has 0 aliphatic heterocycles. The SMILES string of the molecule is Cc1ccc(CNC(=O)c2cc(COc3cccc(C(F)(F)F)c3)on2)o1. The van der Waals surface area contributed by atoms with Gasteiger partial charge >= 0.3 is 6.18 Å². The lowest BCUT2D eigenvalue weighted by Crippen LogP contribution is -2.22. The van der Waals surface area contributed by atoms with Crippen molar-refractivity contribution in [1.82, 2.24) is 10.5 Å². The number of aromatic nitrogens is 1. The fraction of sp³-hybridized carbons (Fsp3) is 0.222. The van der Waals surface area contributed by atoms with Crippen molar-refractivity contribution >= 4 is 5.91 Å².